The normalized spacial score (nSPS) is 11.9. The molecule has 0 aliphatic carbocycles. The minimum atomic E-state index is -0.656. The minimum Gasteiger partial charge on any atom is -0.480 e. The van der Waals surface area contributed by atoms with Crippen molar-refractivity contribution in [3.63, 3.8) is 0 Å². The number of nitrogen functional groups attached to an aromatic ring is 1. The summed E-state index contributed by atoms with van der Waals surface area (Å²) in [6.07, 6.45) is -0.656. The second-order valence-corrected chi connectivity index (χ2v) is 6.39. The van der Waals surface area contributed by atoms with Crippen molar-refractivity contribution in [2.45, 2.75) is 13.0 Å². The first-order chi connectivity index (χ1) is 11.5. The van der Waals surface area contributed by atoms with E-state index in [0.29, 0.717) is 10.6 Å². The average Bonchev–Trinajstić information content (AvgIpc) is 3.01. The van der Waals surface area contributed by atoms with E-state index in [4.69, 9.17) is 15.9 Å². The highest BCUT2D eigenvalue weighted by Crippen LogP contribution is 2.33. The number of thiophene rings is 1. The highest BCUT2D eigenvalue weighted by atomic mass is 32.1. The van der Waals surface area contributed by atoms with Crippen LogP contribution in [-0.4, -0.2) is 17.8 Å². The first-order valence-corrected chi connectivity index (χ1v) is 8.26. The molecule has 3 aromatic rings. The molecule has 1 amide bonds. The van der Waals surface area contributed by atoms with E-state index in [2.05, 4.69) is 5.32 Å². The summed E-state index contributed by atoms with van der Waals surface area (Å²) in [5, 5.41) is 11.2. The molecule has 122 valence electrons. The molecule has 3 rings (SSSR count). The Morgan fingerprint density at radius 1 is 1.21 bits per heavy atom. The van der Waals surface area contributed by atoms with Gasteiger partial charge in [-0.3, -0.25) is 10.2 Å². The largest absolute Gasteiger partial charge is 0.480 e. The average molecular weight is 339 g/mol. The maximum Gasteiger partial charge on any atom is 0.265 e. The van der Waals surface area contributed by atoms with E-state index >= 15 is 0 Å². The third-order valence-corrected chi connectivity index (χ3v) is 4.63. The molecule has 0 fully saturated rings. The number of anilines is 1. The van der Waals surface area contributed by atoms with Gasteiger partial charge in [-0.2, -0.15) is 0 Å². The molecular formula is C18H17N3O2S. The summed E-state index contributed by atoms with van der Waals surface area (Å²) in [6.45, 7) is 1.70. The number of para-hydroxylation sites is 1. The topological polar surface area (TPSA) is 88.2 Å². The fraction of sp³-hybridized carbons (Fsp3) is 0.111. The first kappa shape index (κ1) is 16.0. The third-order valence-electron chi connectivity index (χ3n) is 3.50. The van der Waals surface area contributed by atoms with E-state index in [9.17, 15) is 4.79 Å². The number of carbonyl (C=O) groups is 1. The van der Waals surface area contributed by atoms with Gasteiger partial charge in [0.2, 0.25) is 0 Å². The molecular weight excluding hydrogens is 322 g/mol. The molecule has 0 saturated heterocycles. The SMILES string of the molecule is CC(Oc1cccc2sc(C(=N)N)cc12)C(=O)Nc1ccccc1. The number of hydrogen-bond acceptors (Lipinski definition) is 4. The molecule has 1 atom stereocenters. The van der Waals surface area contributed by atoms with Gasteiger partial charge in [-0.05, 0) is 37.3 Å². The lowest BCUT2D eigenvalue weighted by Gasteiger charge is -2.15. The van der Waals surface area contributed by atoms with Crippen molar-refractivity contribution in [3.05, 3.63) is 59.5 Å². The minimum absolute atomic E-state index is 0.0250. The third kappa shape index (κ3) is 3.38. The predicted octanol–water partition coefficient (Wildman–Crippen LogP) is 3.59. The summed E-state index contributed by atoms with van der Waals surface area (Å²) in [7, 11) is 0. The molecule has 0 radical (unpaired) electrons. The van der Waals surface area contributed by atoms with E-state index in [1.54, 1.807) is 6.92 Å². The lowest BCUT2D eigenvalue weighted by Crippen LogP contribution is -2.30. The van der Waals surface area contributed by atoms with Gasteiger partial charge in [0.05, 0.1) is 4.88 Å². The second kappa shape index (κ2) is 6.72. The van der Waals surface area contributed by atoms with Crippen molar-refractivity contribution in [1.29, 1.82) is 5.41 Å². The number of amides is 1. The van der Waals surface area contributed by atoms with Crippen molar-refractivity contribution in [2.24, 2.45) is 5.73 Å². The number of fused-ring (bicyclic) bond motifs is 1. The Balaban J connectivity index is 1.78. The Morgan fingerprint density at radius 3 is 2.67 bits per heavy atom. The van der Waals surface area contributed by atoms with Crippen LogP contribution in [0.1, 0.15) is 11.8 Å². The first-order valence-electron chi connectivity index (χ1n) is 7.44. The Labute approximate surface area is 143 Å². The van der Waals surface area contributed by atoms with Crippen molar-refractivity contribution in [2.75, 3.05) is 5.32 Å². The van der Waals surface area contributed by atoms with Crippen LogP contribution in [0.4, 0.5) is 5.69 Å². The van der Waals surface area contributed by atoms with Gasteiger partial charge in [0.1, 0.15) is 11.6 Å². The van der Waals surface area contributed by atoms with Gasteiger partial charge in [-0.15, -0.1) is 11.3 Å². The molecule has 0 aliphatic heterocycles. The highest BCUT2D eigenvalue weighted by Gasteiger charge is 2.17. The number of carbonyl (C=O) groups excluding carboxylic acids is 1. The molecule has 0 spiro atoms. The Morgan fingerprint density at radius 2 is 1.96 bits per heavy atom. The predicted molar refractivity (Wildman–Crippen MR) is 98.0 cm³/mol. The molecule has 24 heavy (non-hydrogen) atoms. The molecule has 1 aromatic heterocycles. The Kier molecular flexibility index (Phi) is 4.48. The molecule has 2 aromatic carbocycles. The molecule has 6 heteroatoms. The fourth-order valence-corrected chi connectivity index (χ4v) is 3.22. The molecule has 1 unspecified atom stereocenters. The van der Waals surface area contributed by atoms with Crippen LogP contribution in [0.2, 0.25) is 0 Å². The number of benzene rings is 2. The van der Waals surface area contributed by atoms with Crippen molar-refractivity contribution >= 4 is 38.9 Å². The van der Waals surface area contributed by atoms with Crippen molar-refractivity contribution < 1.29 is 9.53 Å². The quantitative estimate of drug-likeness (QED) is 0.490. The smallest absolute Gasteiger partial charge is 0.265 e. The van der Waals surface area contributed by atoms with Crippen LogP contribution in [0.3, 0.4) is 0 Å². The molecule has 1 heterocycles. The number of ether oxygens (including phenoxy) is 1. The maximum absolute atomic E-state index is 12.3. The summed E-state index contributed by atoms with van der Waals surface area (Å²) < 4.78 is 6.80. The Bertz CT molecular complexity index is 890. The van der Waals surface area contributed by atoms with Crippen LogP contribution >= 0.6 is 11.3 Å². The lowest BCUT2D eigenvalue weighted by molar-refractivity contribution is -0.122. The van der Waals surface area contributed by atoms with Gasteiger partial charge in [-0.25, -0.2) is 0 Å². The van der Waals surface area contributed by atoms with Crippen molar-refractivity contribution in [3.8, 4) is 5.75 Å². The number of amidine groups is 1. The lowest BCUT2D eigenvalue weighted by atomic mass is 10.2. The molecule has 5 nitrogen and oxygen atoms in total. The van der Waals surface area contributed by atoms with E-state index in [1.807, 2.05) is 54.6 Å². The van der Waals surface area contributed by atoms with Crippen LogP contribution in [0.5, 0.6) is 5.75 Å². The number of rotatable bonds is 5. The zero-order valence-corrected chi connectivity index (χ0v) is 13.9. The van der Waals surface area contributed by atoms with Gasteiger partial charge in [0.15, 0.2) is 6.10 Å². The Hall–Kier alpha value is -2.86. The fourth-order valence-electron chi connectivity index (χ4n) is 2.28. The number of nitrogens with one attached hydrogen (secondary N) is 2. The summed E-state index contributed by atoms with van der Waals surface area (Å²) in [5.74, 6) is 0.407. The van der Waals surface area contributed by atoms with Crippen molar-refractivity contribution in [1.82, 2.24) is 0 Å². The van der Waals surface area contributed by atoms with Gasteiger partial charge < -0.3 is 15.8 Å². The van der Waals surface area contributed by atoms with Gasteiger partial charge in [0.25, 0.3) is 5.91 Å². The monoisotopic (exact) mass is 339 g/mol. The zero-order chi connectivity index (χ0) is 17.1. The van der Waals surface area contributed by atoms with E-state index < -0.39 is 6.10 Å². The van der Waals surface area contributed by atoms with E-state index in [0.717, 1.165) is 15.8 Å². The molecule has 0 aliphatic rings. The van der Waals surface area contributed by atoms with E-state index in [1.165, 1.54) is 11.3 Å². The van der Waals surface area contributed by atoms with Gasteiger partial charge >= 0.3 is 0 Å². The highest BCUT2D eigenvalue weighted by molar-refractivity contribution is 7.20. The maximum atomic E-state index is 12.3. The van der Waals surface area contributed by atoms with Crippen LogP contribution in [0.15, 0.2) is 54.6 Å². The standard InChI is InChI=1S/C18H17N3O2S/c1-11(18(22)21-12-6-3-2-4-7-12)23-14-8-5-9-15-13(14)10-16(24-15)17(19)20/h2-11H,1H3,(H3,19,20)(H,21,22). The summed E-state index contributed by atoms with van der Waals surface area (Å²) in [6, 6.07) is 16.7. The number of hydrogen-bond donors (Lipinski definition) is 3. The molecule has 0 bridgehead atoms. The van der Waals surface area contributed by atoms with Crippen LogP contribution in [0.25, 0.3) is 10.1 Å². The molecule has 4 N–H and O–H groups in total. The summed E-state index contributed by atoms with van der Waals surface area (Å²) in [4.78, 5) is 13.0. The zero-order valence-electron chi connectivity index (χ0n) is 13.1. The molecule has 0 saturated carbocycles. The van der Waals surface area contributed by atoms with Crippen LogP contribution in [-0.2, 0) is 4.79 Å². The van der Waals surface area contributed by atoms with Crippen LogP contribution in [0, 0.1) is 5.41 Å². The van der Waals surface area contributed by atoms with Gasteiger partial charge in [0, 0.05) is 15.8 Å². The second-order valence-electron chi connectivity index (χ2n) is 5.31. The summed E-state index contributed by atoms with van der Waals surface area (Å²) in [5.41, 5.74) is 6.28. The van der Waals surface area contributed by atoms with Crippen LogP contribution < -0.4 is 15.8 Å². The number of nitrogens with two attached hydrogens (primary N) is 1. The van der Waals surface area contributed by atoms with Gasteiger partial charge in [-0.1, -0.05) is 24.3 Å². The summed E-state index contributed by atoms with van der Waals surface area (Å²) >= 11 is 1.43. The van der Waals surface area contributed by atoms with E-state index in [-0.39, 0.29) is 11.7 Å².